The molecule has 0 saturated carbocycles. The fourth-order valence-corrected chi connectivity index (χ4v) is 1.72. The summed E-state index contributed by atoms with van der Waals surface area (Å²) in [7, 11) is 0. The van der Waals surface area contributed by atoms with E-state index in [0.717, 1.165) is 12.1 Å². The van der Waals surface area contributed by atoms with Crippen molar-refractivity contribution >= 4 is 17.6 Å². The first-order valence-electron chi connectivity index (χ1n) is 6.11. The Kier molecular flexibility index (Phi) is 5.36. The van der Waals surface area contributed by atoms with Gasteiger partial charge in [-0.25, -0.2) is 0 Å². The van der Waals surface area contributed by atoms with Crippen LogP contribution in [-0.4, -0.2) is 17.0 Å². The van der Waals surface area contributed by atoms with Gasteiger partial charge in [0.2, 0.25) is 5.91 Å². The molecule has 1 atom stereocenters. The van der Waals surface area contributed by atoms with Crippen molar-refractivity contribution in [1.82, 2.24) is 0 Å². The average molecular weight is 249 g/mol. The van der Waals surface area contributed by atoms with Crippen molar-refractivity contribution in [3.63, 3.8) is 0 Å². The highest BCUT2D eigenvalue weighted by molar-refractivity contribution is 5.91. The summed E-state index contributed by atoms with van der Waals surface area (Å²) in [6.45, 7) is 3.83. The van der Waals surface area contributed by atoms with Crippen molar-refractivity contribution in [3.8, 4) is 0 Å². The van der Waals surface area contributed by atoms with E-state index in [1.807, 2.05) is 24.3 Å². The van der Waals surface area contributed by atoms with Gasteiger partial charge in [0.25, 0.3) is 0 Å². The first-order chi connectivity index (χ1) is 8.51. The molecule has 0 aliphatic rings. The van der Waals surface area contributed by atoms with E-state index in [0.29, 0.717) is 0 Å². The van der Waals surface area contributed by atoms with Gasteiger partial charge >= 0.3 is 5.97 Å². The Labute approximate surface area is 107 Å². The van der Waals surface area contributed by atoms with Gasteiger partial charge in [0.05, 0.1) is 0 Å². The van der Waals surface area contributed by atoms with Gasteiger partial charge in [0.15, 0.2) is 0 Å². The molecule has 98 valence electrons. The monoisotopic (exact) mass is 249 g/mol. The second-order valence-corrected chi connectivity index (χ2v) is 4.51. The zero-order chi connectivity index (χ0) is 13.5. The van der Waals surface area contributed by atoms with Crippen LogP contribution >= 0.6 is 0 Å². The number of hydrogen-bond acceptors (Lipinski definition) is 2. The SMILES string of the molecule is CCc1ccc(NC(=O)CC(C)CC(=O)O)cc1. The van der Waals surface area contributed by atoms with Crippen LogP contribution in [0.15, 0.2) is 24.3 Å². The number of amides is 1. The second-order valence-electron chi connectivity index (χ2n) is 4.51. The molecule has 0 aromatic heterocycles. The quantitative estimate of drug-likeness (QED) is 0.814. The van der Waals surface area contributed by atoms with Crippen molar-refractivity contribution in [2.75, 3.05) is 5.32 Å². The number of aryl methyl sites for hydroxylation is 1. The lowest BCUT2D eigenvalue weighted by Gasteiger charge is -2.09. The Hall–Kier alpha value is -1.84. The molecule has 1 aromatic carbocycles. The molecular formula is C14H19NO3. The minimum absolute atomic E-state index is 0.0161. The highest BCUT2D eigenvalue weighted by Gasteiger charge is 2.12. The minimum Gasteiger partial charge on any atom is -0.481 e. The number of nitrogens with one attached hydrogen (secondary N) is 1. The van der Waals surface area contributed by atoms with Gasteiger partial charge in [-0.05, 0) is 30.0 Å². The van der Waals surface area contributed by atoms with Crippen molar-refractivity contribution in [1.29, 1.82) is 0 Å². The maximum atomic E-state index is 11.7. The van der Waals surface area contributed by atoms with Gasteiger partial charge in [0.1, 0.15) is 0 Å². The van der Waals surface area contributed by atoms with Crippen LogP contribution in [-0.2, 0) is 16.0 Å². The second kappa shape index (κ2) is 6.79. The number of carbonyl (C=O) groups is 2. The molecule has 0 saturated heterocycles. The van der Waals surface area contributed by atoms with Gasteiger partial charge in [0, 0.05) is 18.5 Å². The van der Waals surface area contributed by atoms with Crippen LogP contribution in [0.2, 0.25) is 0 Å². The van der Waals surface area contributed by atoms with Crippen LogP contribution in [0.1, 0.15) is 32.3 Å². The van der Waals surface area contributed by atoms with Crippen molar-refractivity contribution < 1.29 is 14.7 Å². The number of hydrogen-bond donors (Lipinski definition) is 2. The Balaban J connectivity index is 2.46. The number of carboxylic acid groups (broad SMARTS) is 1. The molecule has 0 fully saturated rings. The molecule has 0 aliphatic carbocycles. The predicted octanol–water partition coefficient (Wildman–Crippen LogP) is 2.69. The smallest absolute Gasteiger partial charge is 0.303 e. The molecule has 4 nitrogen and oxygen atoms in total. The maximum absolute atomic E-state index is 11.7. The largest absolute Gasteiger partial charge is 0.481 e. The highest BCUT2D eigenvalue weighted by atomic mass is 16.4. The summed E-state index contributed by atoms with van der Waals surface area (Å²) in [5.74, 6) is -1.17. The third-order valence-electron chi connectivity index (χ3n) is 2.70. The zero-order valence-corrected chi connectivity index (χ0v) is 10.8. The van der Waals surface area contributed by atoms with E-state index in [4.69, 9.17) is 5.11 Å². The maximum Gasteiger partial charge on any atom is 0.303 e. The van der Waals surface area contributed by atoms with Gasteiger partial charge in [-0.15, -0.1) is 0 Å². The van der Waals surface area contributed by atoms with E-state index in [1.165, 1.54) is 5.56 Å². The highest BCUT2D eigenvalue weighted by Crippen LogP contribution is 2.13. The molecule has 0 radical (unpaired) electrons. The predicted molar refractivity (Wildman–Crippen MR) is 70.5 cm³/mol. The van der Waals surface area contributed by atoms with E-state index in [1.54, 1.807) is 6.92 Å². The first kappa shape index (κ1) is 14.2. The first-order valence-corrected chi connectivity index (χ1v) is 6.11. The van der Waals surface area contributed by atoms with Crippen LogP contribution in [0, 0.1) is 5.92 Å². The van der Waals surface area contributed by atoms with E-state index < -0.39 is 5.97 Å². The fourth-order valence-electron chi connectivity index (χ4n) is 1.72. The van der Waals surface area contributed by atoms with Crippen LogP contribution in [0.3, 0.4) is 0 Å². The van der Waals surface area contributed by atoms with Gasteiger partial charge in [-0.3, -0.25) is 9.59 Å². The Morgan fingerprint density at radius 1 is 1.22 bits per heavy atom. The van der Waals surface area contributed by atoms with Crippen LogP contribution in [0.5, 0.6) is 0 Å². The number of benzene rings is 1. The molecule has 2 N–H and O–H groups in total. The van der Waals surface area contributed by atoms with Crippen molar-refractivity contribution in [2.24, 2.45) is 5.92 Å². The third-order valence-corrected chi connectivity index (χ3v) is 2.70. The molecule has 18 heavy (non-hydrogen) atoms. The lowest BCUT2D eigenvalue weighted by Crippen LogP contribution is -2.16. The number of anilines is 1. The topological polar surface area (TPSA) is 66.4 Å². The standard InChI is InChI=1S/C14H19NO3/c1-3-11-4-6-12(7-5-11)15-13(16)8-10(2)9-14(17)18/h4-7,10H,3,8-9H2,1-2H3,(H,15,16)(H,17,18). The molecule has 1 rings (SSSR count). The lowest BCUT2D eigenvalue weighted by atomic mass is 10.0. The van der Waals surface area contributed by atoms with E-state index in [9.17, 15) is 9.59 Å². The molecule has 0 aliphatic heterocycles. The molecule has 4 heteroatoms. The van der Waals surface area contributed by atoms with Gasteiger partial charge < -0.3 is 10.4 Å². The molecule has 1 aromatic rings. The van der Waals surface area contributed by atoms with Crippen LogP contribution in [0.25, 0.3) is 0 Å². The zero-order valence-electron chi connectivity index (χ0n) is 10.8. The number of rotatable bonds is 6. The fraction of sp³-hybridized carbons (Fsp3) is 0.429. The third kappa shape index (κ3) is 4.99. The molecular weight excluding hydrogens is 230 g/mol. The summed E-state index contributed by atoms with van der Waals surface area (Å²) in [5.41, 5.74) is 1.96. The minimum atomic E-state index is -0.873. The van der Waals surface area contributed by atoms with E-state index in [2.05, 4.69) is 12.2 Å². The molecule has 1 amide bonds. The molecule has 1 unspecified atom stereocenters. The summed E-state index contributed by atoms with van der Waals surface area (Å²) in [5, 5.41) is 11.4. The average Bonchev–Trinajstić information content (AvgIpc) is 2.28. The van der Waals surface area contributed by atoms with Crippen molar-refractivity contribution in [2.45, 2.75) is 33.1 Å². The normalized spacial score (nSPS) is 11.9. The van der Waals surface area contributed by atoms with Crippen LogP contribution in [0.4, 0.5) is 5.69 Å². The summed E-state index contributed by atoms with van der Waals surface area (Å²) in [6, 6.07) is 7.66. The molecule has 0 heterocycles. The summed E-state index contributed by atoms with van der Waals surface area (Å²) in [6.07, 6.45) is 1.20. The number of carboxylic acids is 1. The molecule has 0 bridgehead atoms. The van der Waals surface area contributed by atoms with Gasteiger partial charge in [-0.1, -0.05) is 26.0 Å². The summed E-state index contributed by atoms with van der Waals surface area (Å²) < 4.78 is 0. The summed E-state index contributed by atoms with van der Waals surface area (Å²) in [4.78, 5) is 22.1. The Morgan fingerprint density at radius 3 is 2.33 bits per heavy atom. The number of aliphatic carboxylic acids is 1. The lowest BCUT2D eigenvalue weighted by molar-refractivity contribution is -0.138. The van der Waals surface area contributed by atoms with Crippen molar-refractivity contribution in [3.05, 3.63) is 29.8 Å². The van der Waals surface area contributed by atoms with E-state index >= 15 is 0 Å². The Morgan fingerprint density at radius 2 is 1.83 bits per heavy atom. The number of carbonyl (C=O) groups excluding carboxylic acids is 1. The molecule has 0 spiro atoms. The van der Waals surface area contributed by atoms with Gasteiger partial charge in [-0.2, -0.15) is 0 Å². The summed E-state index contributed by atoms with van der Waals surface area (Å²) >= 11 is 0. The van der Waals surface area contributed by atoms with Crippen LogP contribution < -0.4 is 5.32 Å². The van der Waals surface area contributed by atoms with E-state index in [-0.39, 0.29) is 24.7 Å². The Bertz CT molecular complexity index is 412.